The Balaban J connectivity index is 2.57. The van der Waals surface area contributed by atoms with Gasteiger partial charge in [-0.3, -0.25) is 0 Å². The zero-order valence-corrected chi connectivity index (χ0v) is 9.66. The van der Waals surface area contributed by atoms with E-state index in [1.807, 2.05) is 12.1 Å². The number of rotatable bonds is 3. The highest BCUT2D eigenvalue weighted by molar-refractivity contribution is 6.30. The van der Waals surface area contributed by atoms with Crippen molar-refractivity contribution in [2.75, 3.05) is 6.54 Å². The molecule has 2 N–H and O–H groups in total. The fourth-order valence-electron chi connectivity index (χ4n) is 1.73. The third kappa shape index (κ3) is 2.37. The molecule has 0 bridgehead atoms. The Morgan fingerprint density at radius 2 is 2.00 bits per heavy atom. The Hall–Kier alpha value is -1.26. The van der Waals surface area contributed by atoms with E-state index in [0.717, 1.165) is 5.39 Å². The van der Waals surface area contributed by atoms with E-state index in [0.29, 0.717) is 11.1 Å². The smallest absolute Gasteiger partial charge is 0.246 e. The fourth-order valence-corrected chi connectivity index (χ4v) is 2.02. The van der Waals surface area contributed by atoms with Crippen molar-refractivity contribution in [1.82, 2.24) is 4.98 Å². The van der Waals surface area contributed by atoms with Crippen LogP contribution in [0.25, 0.3) is 10.9 Å². The highest BCUT2D eigenvalue weighted by atomic mass is 35.5. The molecule has 0 fully saturated rings. The number of nitrogens with zero attached hydrogens (tertiary/aromatic N) is 1. The molecule has 0 saturated heterocycles. The lowest BCUT2D eigenvalue weighted by atomic mass is 10.00. The molecule has 0 aliphatic heterocycles. The molecule has 1 aromatic carbocycles. The molecule has 2 nitrogen and oxygen atoms in total. The molecular formula is C12H11ClF2N2. The number of alkyl halides is 2. The topological polar surface area (TPSA) is 38.9 Å². The van der Waals surface area contributed by atoms with Gasteiger partial charge in [0.2, 0.25) is 6.43 Å². The van der Waals surface area contributed by atoms with E-state index in [9.17, 15) is 8.78 Å². The number of benzene rings is 1. The highest BCUT2D eigenvalue weighted by Crippen LogP contribution is 2.30. The van der Waals surface area contributed by atoms with Gasteiger partial charge in [0.1, 0.15) is 5.15 Å². The van der Waals surface area contributed by atoms with Crippen LogP contribution in [0.4, 0.5) is 8.78 Å². The molecular weight excluding hydrogens is 246 g/mol. The Morgan fingerprint density at radius 1 is 1.29 bits per heavy atom. The van der Waals surface area contributed by atoms with E-state index < -0.39 is 12.3 Å². The van der Waals surface area contributed by atoms with E-state index in [1.165, 1.54) is 0 Å². The first-order chi connectivity index (χ1) is 8.13. The van der Waals surface area contributed by atoms with E-state index >= 15 is 0 Å². The minimum absolute atomic E-state index is 0.0967. The number of para-hydroxylation sites is 1. The second kappa shape index (κ2) is 4.94. The summed E-state index contributed by atoms with van der Waals surface area (Å²) in [6.07, 6.45) is -2.54. The lowest BCUT2D eigenvalue weighted by molar-refractivity contribution is 0.117. The molecule has 0 aliphatic rings. The maximum Gasteiger partial charge on any atom is 0.246 e. The molecule has 0 saturated carbocycles. The molecule has 2 rings (SSSR count). The molecule has 2 aromatic rings. The third-order valence-corrected chi connectivity index (χ3v) is 2.96. The molecule has 17 heavy (non-hydrogen) atoms. The van der Waals surface area contributed by atoms with E-state index in [-0.39, 0.29) is 11.7 Å². The van der Waals surface area contributed by atoms with Gasteiger partial charge in [0.15, 0.2) is 0 Å². The van der Waals surface area contributed by atoms with Crippen molar-refractivity contribution < 1.29 is 8.78 Å². The first-order valence-electron chi connectivity index (χ1n) is 5.17. The van der Waals surface area contributed by atoms with Crippen LogP contribution in [-0.4, -0.2) is 18.0 Å². The predicted octanol–water partition coefficient (Wildman–Crippen LogP) is 3.20. The van der Waals surface area contributed by atoms with Crippen LogP contribution in [0, 0.1) is 0 Å². The number of nitrogens with two attached hydrogens (primary N) is 1. The molecule has 0 radical (unpaired) electrons. The summed E-state index contributed by atoms with van der Waals surface area (Å²) in [7, 11) is 0. The molecule has 1 atom stereocenters. The normalized spacial score (nSPS) is 13.2. The van der Waals surface area contributed by atoms with Crippen LogP contribution in [0.3, 0.4) is 0 Å². The maximum absolute atomic E-state index is 12.8. The Labute approximate surface area is 102 Å². The number of hydrogen-bond acceptors (Lipinski definition) is 2. The SMILES string of the molecule is NCC(c1cc2ccccc2nc1Cl)C(F)F. The molecule has 0 spiro atoms. The predicted molar refractivity (Wildman–Crippen MR) is 64.6 cm³/mol. The average Bonchev–Trinajstić information content (AvgIpc) is 2.30. The van der Waals surface area contributed by atoms with Crippen LogP contribution in [0.5, 0.6) is 0 Å². The van der Waals surface area contributed by atoms with Gasteiger partial charge in [0.25, 0.3) is 0 Å². The van der Waals surface area contributed by atoms with Gasteiger partial charge in [-0.1, -0.05) is 29.8 Å². The van der Waals surface area contributed by atoms with Gasteiger partial charge < -0.3 is 5.73 Å². The van der Waals surface area contributed by atoms with Crippen molar-refractivity contribution in [3.05, 3.63) is 41.0 Å². The number of pyridine rings is 1. The summed E-state index contributed by atoms with van der Waals surface area (Å²) < 4.78 is 25.6. The zero-order chi connectivity index (χ0) is 12.4. The van der Waals surface area contributed by atoms with Gasteiger partial charge in [-0.15, -0.1) is 0 Å². The van der Waals surface area contributed by atoms with Crippen LogP contribution in [0.2, 0.25) is 5.15 Å². The van der Waals surface area contributed by atoms with Gasteiger partial charge in [-0.2, -0.15) is 0 Å². The van der Waals surface area contributed by atoms with Crippen molar-refractivity contribution in [1.29, 1.82) is 0 Å². The molecule has 1 heterocycles. The van der Waals surface area contributed by atoms with Crippen LogP contribution in [-0.2, 0) is 0 Å². The summed E-state index contributed by atoms with van der Waals surface area (Å²) in [5.41, 5.74) is 6.35. The van der Waals surface area contributed by atoms with Crippen LogP contribution < -0.4 is 5.73 Å². The largest absolute Gasteiger partial charge is 0.330 e. The van der Waals surface area contributed by atoms with Gasteiger partial charge in [0, 0.05) is 17.5 Å². The second-order valence-corrected chi connectivity index (χ2v) is 4.10. The Bertz CT molecular complexity index is 531. The van der Waals surface area contributed by atoms with Crippen molar-refractivity contribution >= 4 is 22.5 Å². The summed E-state index contributed by atoms with van der Waals surface area (Å²) in [4.78, 5) is 4.10. The number of aromatic nitrogens is 1. The Kier molecular flexibility index (Phi) is 3.54. The number of fused-ring (bicyclic) bond motifs is 1. The standard InChI is InChI=1S/C12H11ClF2N2/c13-11-8(9(6-16)12(14)15)5-7-3-1-2-4-10(7)17-11/h1-5,9,12H,6,16H2. The van der Waals surface area contributed by atoms with Crippen LogP contribution >= 0.6 is 11.6 Å². The zero-order valence-electron chi connectivity index (χ0n) is 8.91. The lowest BCUT2D eigenvalue weighted by Crippen LogP contribution is -2.20. The number of hydrogen-bond donors (Lipinski definition) is 1. The summed E-state index contributed by atoms with van der Waals surface area (Å²) in [6, 6.07) is 8.86. The third-order valence-electron chi connectivity index (χ3n) is 2.66. The minimum Gasteiger partial charge on any atom is -0.330 e. The van der Waals surface area contributed by atoms with Gasteiger partial charge in [0.05, 0.1) is 11.4 Å². The summed E-state index contributed by atoms with van der Waals surface area (Å²) in [5.74, 6) is -1.07. The fraction of sp³-hybridized carbons (Fsp3) is 0.250. The molecule has 90 valence electrons. The van der Waals surface area contributed by atoms with E-state index in [4.69, 9.17) is 17.3 Å². The number of halogens is 3. The summed E-state index contributed by atoms with van der Waals surface area (Å²) in [6.45, 7) is -0.155. The molecule has 0 amide bonds. The lowest BCUT2D eigenvalue weighted by Gasteiger charge is -2.15. The molecule has 5 heteroatoms. The quantitative estimate of drug-likeness (QED) is 0.857. The van der Waals surface area contributed by atoms with Crippen LogP contribution in [0.1, 0.15) is 11.5 Å². The van der Waals surface area contributed by atoms with Gasteiger partial charge >= 0.3 is 0 Å². The monoisotopic (exact) mass is 256 g/mol. The first-order valence-corrected chi connectivity index (χ1v) is 5.54. The second-order valence-electron chi connectivity index (χ2n) is 3.74. The van der Waals surface area contributed by atoms with Crippen molar-refractivity contribution in [3.8, 4) is 0 Å². The average molecular weight is 257 g/mol. The van der Waals surface area contributed by atoms with Crippen molar-refractivity contribution in [2.45, 2.75) is 12.3 Å². The summed E-state index contributed by atoms with van der Waals surface area (Å²) in [5, 5.41) is 0.880. The molecule has 0 aliphatic carbocycles. The Morgan fingerprint density at radius 3 is 2.65 bits per heavy atom. The van der Waals surface area contributed by atoms with Crippen molar-refractivity contribution in [3.63, 3.8) is 0 Å². The van der Waals surface area contributed by atoms with Crippen molar-refractivity contribution in [2.24, 2.45) is 5.73 Å². The first kappa shape index (κ1) is 12.2. The highest BCUT2D eigenvalue weighted by Gasteiger charge is 2.24. The summed E-state index contributed by atoms with van der Waals surface area (Å²) >= 11 is 5.92. The molecule has 1 unspecified atom stereocenters. The van der Waals surface area contributed by atoms with Crippen LogP contribution in [0.15, 0.2) is 30.3 Å². The van der Waals surface area contributed by atoms with Gasteiger partial charge in [-0.05, 0) is 12.1 Å². The van der Waals surface area contributed by atoms with E-state index in [1.54, 1.807) is 18.2 Å². The minimum atomic E-state index is -2.54. The molecule has 1 aromatic heterocycles. The van der Waals surface area contributed by atoms with Gasteiger partial charge in [-0.25, -0.2) is 13.8 Å². The maximum atomic E-state index is 12.8. The van der Waals surface area contributed by atoms with E-state index in [2.05, 4.69) is 4.98 Å².